The molecule has 0 aliphatic heterocycles. The number of rotatable bonds is 3. The Labute approximate surface area is 75.7 Å². The maximum absolute atomic E-state index is 3.84. The number of allylic oxidation sites excluding steroid dienone is 5. The molecule has 0 aromatic carbocycles. The third-order valence-corrected chi connectivity index (χ3v) is 2.42. The van der Waals surface area contributed by atoms with Crippen LogP contribution >= 0.6 is 0 Å². The Bertz CT molecular complexity index is 210. The predicted octanol–water partition coefficient (Wildman–Crippen LogP) is 3.87. The van der Waals surface area contributed by atoms with E-state index in [0.717, 1.165) is 5.92 Å². The summed E-state index contributed by atoms with van der Waals surface area (Å²) >= 11 is 0. The standard InChI is InChI=1S/C12H18/c1-4-11(9-8-10(2)3)12-6-5-7-12/h4,8-9,12H,1,5-7H2,2-3H3/b11-9+. The minimum absolute atomic E-state index is 0.804. The van der Waals surface area contributed by atoms with Crippen molar-refractivity contribution < 1.29 is 0 Å². The average Bonchev–Trinajstić information content (AvgIpc) is 1.93. The molecule has 1 aliphatic carbocycles. The summed E-state index contributed by atoms with van der Waals surface area (Å²) in [6.45, 7) is 8.09. The van der Waals surface area contributed by atoms with E-state index in [1.165, 1.54) is 30.4 Å². The van der Waals surface area contributed by atoms with Gasteiger partial charge in [-0.1, -0.05) is 36.8 Å². The van der Waals surface area contributed by atoms with Crippen LogP contribution in [0.2, 0.25) is 0 Å². The van der Waals surface area contributed by atoms with Gasteiger partial charge in [0.15, 0.2) is 0 Å². The van der Waals surface area contributed by atoms with Crippen molar-refractivity contribution in [3.8, 4) is 0 Å². The first kappa shape index (κ1) is 9.31. The van der Waals surface area contributed by atoms with Crippen molar-refractivity contribution in [3.63, 3.8) is 0 Å². The largest absolute Gasteiger partial charge is 0.0988 e. The van der Waals surface area contributed by atoms with Crippen molar-refractivity contribution in [2.45, 2.75) is 33.1 Å². The maximum atomic E-state index is 3.84. The van der Waals surface area contributed by atoms with Crippen LogP contribution in [0.3, 0.4) is 0 Å². The molecule has 0 aromatic rings. The first-order valence-electron chi connectivity index (χ1n) is 4.71. The SMILES string of the molecule is C=C/C(=C\C=C(C)C)C1CCC1. The van der Waals surface area contributed by atoms with E-state index in [-0.39, 0.29) is 0 Å². The van der Waals surface area contributed by atoms with Crippen LogP contribution in [-0.4, -0.2) is 0 Å². The molecule has 0 bridgehead atoms. The minimum Gasteiger partial charge on any atom is -0.0988 e. The van der Waals surface area contributed by atoms with Crippen LogP contribution in [0.5, 0.6) is 0 Å². The van der Waals surface area contributed by atoms with Crippen molar-refractivity contribution in [2.24, 2.45) is 5.92 Å². The van der Waals surface area contributed by atoms with Crippen molar-refractivity contribution in [1.29, 1.82) is 0 Å². The normalized spacial score (nSPS) is 18.3. The van der Waals surface area contributed by atoms with E-state index in [9.17, 15) is 0 Å². The van der Waals surface area contributed by atoms with Gasteiger partial charge in [0.1, 0.15) is 0 Å². The van der Waals surface area contributed by atoms with E-state index in [2.05, 4.69) is 32.6 Å². The summed E-state index contributed by atoms with van der Waals surface area (Å²) in [5, 5.41) is 0. The molecule has 66 valence electrons. The molecular formula is C12H18. The molecule has 0 aromatic heterocycles. The fourth-order valence-electron chi connectivity index (χ4n) is 1.38. The molecule has 0 atom stereocenters. The van der Waals surface area contributed by atoms with Crippen LogP contribution in [-0.2, 0) is 0 Å². The van der Waals surface area contributed by atoms with Crippen LogP contribution in [0.1, 0.15) is 33.1 Å². The Morgan fingerprint density at radius 1 is 1.25 bits per heavy atom. The van der Waals surface area contributed by atoms with Gasteiger partial charge >= 0.3 is 0 Å². The molecule has 12 heavy (non-hydrogen) atoms. The fraction of sp³-hybridized carbons (Fsp3) is 0.500. The molecule has 1 fully saturated rings. The highest BCUT2D eigenvalue weighted by Gasteiger charge is 2.18. The zero-order valence-electron chi connectivity index (χ0n) is 8.14. The van der Waals surface area contributed by atoms with Gasteiger partial charge in [-0.2, -0.15) is 0 Å². The van der Waals surface area contributed by atoms with E-state index in [1.54, 1.807) is 0 Å². The van der Waals surface area contributed by atoms with Crippen molar-refractivity contribution in [3.05, 3.63) is 36.0 Å². The maximum Gasteiger partial charge on any atom is -0.0162 e. The first-order valence-corrected chi connectivity index (χ1v) is 4.71. The molecule has 1 aliphatic rings. The quantitative estimate of drug-likeness (QED) is 0.553. The molecule has 0 heteroatoms. The first-order chi connectivity index (χ1) is 5.74. The Morgan fingerprint density at radius 2 is 1.92 bits per heavy atom. The molecule has 0 radical (unpaired) electrons. The zero-order valence-corrected chi connectivity index (χ0v) is 8.14. The third-order valence-electron chi connectivity index (χ3n) is 2.42. The summed E-state index contributed by atoms with van der Waals surface area (Å²) in [6, 6.07) is 0. The van der Waals surface area contributed by atoms with Gasteiger partial charge < -0.3 is 0 Å². The van der Waals surface area contributed by atoms with Crippen LogP contribution in [0.15, 0.2) is 36.0 Å². The summed E-state index contributed by atoms with van der Waals surface area (Å²) in [7, 11) is 0. The summed E-state index contributed by atoms with van der Waals surface area (Å²) in [5.74, 6) is 0.804. The highest BCUT2D eigenvalue weighted by Crippen LogP contribution is 2.33. The highest BCUT2D eigenvalue weighted by molar-refractivity contribution is 5.27. The molecule has 0 spiro atoms. The van der Waals surface area contributed by atoms with E-state index >= 15 is 0 Å². The van der Waals surface area contributed by atoms with Gasteiger partial charge in [-0.05, 0) is 38.2 Å². The Hall–Kier alpha value is -0.780. The van der Waals surface area contributed by atoms with Gasteiger partial charge in [0.2, 0.25) is 0 Å². The van der Waals surface area contributed by atoms with Gasteiger partial charge in [-0.25, -0.2) is 0 Å². The van der Waals surface area contributed by atoms with Crippen LogP contribution < -0.4 is 0 Å². The molecule has 0 N–H and O–H groups in total. The molecular weight excluding hydrogens is 144 g/mol. The molecule has 0 nitrogen and oxygen atoms in total. The van der Waals surface area contributed by atoms with Crippen LogP contribution in [0, 0.1) is 5.92 Å². The lowest BCUT2D eigenvalue weighted by Gasteiger charge is -2.26. The van der Waals surface area contributed by atoms with Crippen molar-refractivity contribution in [1.82, 2.24) is 0 Å². The van der Waals surface area contributed by atoms with E-state index < -0.39 is 0 Å². The smallest absolute Gasteiger partial charge is 0.0162 e. The van der Waals surface area contributed by atoms with Gasteiger partial charge in [-0.15, -0.1) is 0 Å². The second kappa shape index (κ2) is 4.30. The topological polar surface area (TPSA) is 0 Å². The minimum atomic E-state index is 0.804. The van der Waals surface area contributed by atoms with Crippen LogP contribution in [0.25, 0.3) is 0 Å². The third kappa shape index (κ3) is 2.37. The molecule has 1 rings (SSSR count). The Kier molecular flexibility index (Phi) is 3.33. The zero-order chi connectivity index (χ0) is 8.97. The van der Waals surface area contributed by atoms with Gasteiger partial charge in [0.25, 0.3) is 0 Å². The summed E-state index contributed by atoms with van der Waals surface area (Å²) in [4.78, 5) is 0. The highest BCUT2D eigenvalue weighted by atomic mass is 14.2. The van der Waals surface area contributed by atoms with E-state index in [0.29, 0.717) is 0 Å². The average molecular weight is 162 g/mol. The van der Waals surface area contributed by atoms with Crippen molar-refractivity contribution >= 4 is 0 Å². The number of hydrogen-bond donors (Lipinski definition) is 0. The molecule has 1 saturated carbocycles. The monoisotopic (exact) mass is 162 g/mol. The van der Waals surface area contributed by atoms with Gasteiger partial charge in [-0.3, -0.25) is 0 Å². The van der Waals surface area contributed by atoms with Crippen molar-refractivity contribution in [2.75, 3.05) is 0 Å². The predicted molar refractivity (Wildman–Crippen MR) is 55.1 cm³/mol. The van der Waals surface area contributed by atoms with Gasteiger partial charge in [0.05, 0.1) is 0 Å². The fourth-order valence-corrected chi connectivity index (χ4v) is 1.38. The summed E-state index contributed by atoms with van der Waals surface area (Å²) in [6.07, 6.45) is 10.5. The molecule has 0 amide bonds. The lowest BCUT2D eigenvalue weighted by Crippen LogP contribution is -2.12. The molecule has 0 saturated heterocycles. The summed E-state index contributed by atoms with van der Waals surface area (Å²) in [5.41, 5.74) is 2.77. The molecule has 0 unspecified atom stereocenters. The molecule has 0 heterocycles. The van der Waals surface area contributed by atoms with Gasteiger partial charge in [0, 0.05) is 0 Å². The lowest BCUT2D eigenvalue weighted by molar-refractivity contribution is 0.374. The lowest BCUT2D eigenvalue weighted by atomic mass is 9.79. The second-order valence-corrected chi connectivity index (χ2v) is 3.74. The van der Waals surface area contributed by atoms with E-state index in [4.69, 9.17) is 0 Å². The van der Waals surface area contributed by atoms with Crippen LogP contribution in [0.4, 0.5) is 0 Å². The van der Waals surface area contributed by atoms with E-state index in [1.807, 2.05) is 6.08 Å². The Balaban J connectivity index is 2.59. The number of hydrogen-bond acceptors (Lipinski definition) is 0. The second-order valence-electron chi connectivity index (χ2n) is 3.74. The Morgan fingerprint density at radius 3 is 2.25 bits per heavy atom. The summed E-state index contributed by atoms with van der Waals surface area (Å²) < 4.78 is 0.